The van der Waals surface area contributed by atoms with Gasteiger partial charge in [-0.05, 0) is 12.1 Å². The number of nitrogens with zero attached hydrogens (tertiary/aromatic N) is 2. The lowest BCUT2D eigenvalue weighted by atomic mass is 10.4. The van der Waals surface area contributed by atoms with Gasteiger partial charge >= 0.3 is 0 Å². The molecule has 3 nitrogen and oxygen atoms in total. The predicted octanol–water partition coefficient (Wildman–Crippen LogP) is 2.56. The maximum atomic E-state index is 5.15. The summed E-state index contributed by atoms with van der Waals surface area (Å²) >= 11 is 0. The van der Waals surface area contributed by atoms with Crippen LogP contribution in [0.15, 0.2) is 22.7 Å². The van der Waals surface area contributed by atoms with Crippen LogP contribution in [0.5, 0.6) is 0 Å². The van der Waals surface area contributed by atoms with E-state index in [1.54, 1.807) is 6.20 Å². The molecule has 0 saturated carbocycles. The Bertz CT molecular complexity index is 321. The van der Waals surface area contributed by atoms with Crippen molar-refractivity contribution in [3.8, 4) is 0 Å². The molecule has 0 aliphatic carbocycles. The Hall–Kier alpha value is -1.38. The van der Waals surface area contributed by atoms with Crippen molar-refractivity contribution in [1.29, 1.82) is 0 Å². The van der Waals surface area contributed by atoms with Gasteiger partial charge < -0.3 is 4.42 Å². The summed E-state index contributed by atoms with van der Waals surface area (Å²) in [5.74, 6) is 0.661. The third-order valence-electron chi connectivity index (χ3n) is 1.27. The summed E-state index contributed by atoms with van der Waals surface area (Å²) in [6.07, 6.45) is 1.69. The van der Waals surface area contributed by atoms with E-state index in [1.165, 1.54) is 0 Å². The van der Waals surface area contributed by atoms with Gasteiger partial charge in [0.05, 0.1) is 0 Å². The third kappa shape index (κ3) is 1.61. The van der Waals surface area contributed by atoms with Gasteiger partial charge in [0.25, 0.3) is 0 Å². The van der Waals surface area contributed by atoms with Crippen LogP contribution in [0.4, 0.5) is 0 Å². The largest absolute Gasteiger partial charge is 0.423 e. The molecular formula is C9H12N2O. The molecule has 0 spiro atoms. The lowest BCUT2D eigenvalue weighted by molar-refractivity contribution is 0.551. The van der Waals surface area contributed by atoms with E-state index in [0.29, 0.717) is 11.6 Å². The molecule has 3 heteroatoms. The molecule has 0 atom stereocenters. The van der Waals surface area contributed by atoms with Crippen molar-refractivity contribution < 1.29 is 4.42 Å². The number of aryl methyl sites for hydroxylation is 1. The van der Waals surface area contributed by atoms with Crippen LogP contribution in [0.25, 0.3) is 11.2 Å². The molecule has 0 radical (unpaired) electrons. The Balaban J connectivity index is 0.000000336. The van der Waals surface area contributed by atoms with Crippen molar-refractivity contribution >= 4 is 11.2 Å². The van der Waals surface area contributed by atoms with Gasteiger partial charge in [0, 0.05) is 13.1 Å². The molecule has 0 aromatic carbocycles. The van der Waals surface area contributed by atoms with Gasteiger partial charge in [-0.3, -0.25) is 0 Å². The molecule has 2 heterocycles. The summed E-state index contributed by atoms with van der Waals surface area (Å²) < 4.78 is 5.15. The normalized spacial score (nSPS) is 9.25. The first kappa shape index (κ1) is 8.71. The zero-order valence-electron chi connectivity index (χ0n) is 7.53. The summed E-state index contributed by atoms with van der Waals surface area (Å²) in [7, 11) is 0. The minimum atomic E-state index is 0.611. The molecule has 0 unspecified atom stereocenters. The Morgan fingerprint density at radius 3 is 2.75 bits per heavy atom. The van der Waals surface area contributed by atoms with Crippen LogP contribution in [0, 0.1) is 6.92 Å². The second-order valence-corrected chi connectivity index (χ2v) is 2.06. The van der Waals surface area contributed by atoms with Crippen LogP contribution < -0.4 is 0 Å². The Morgan fingerprint density at radius 2 is 2.08 bits per heavy atom. The molecule has 0 aliphatic heterocycles. The van der Waals surface area contributed by atoms with E-state index < -0.39 is 0 Å². The average Bonchev–Trinajstić information content (AvgIpc) is 2.48. The fraction of sp³-hybridized carbons (Fsp3) is 0.333. The number of hydrogen-bond acceptors (Lipinski definition) is 3. The second kappa shape index (κ2) is 3.85. The Labute approximate surface area is 71.4 Å². The summed E-state index contributed by atoms with van der Waals surface area (Å²) in [6, 6.07) is 3.71. The molecule has 0 amide bonds. The van der Waals surface area contributed by atoms with Gasteiger partial charge in [0.2, 0.25) is 5.71 Å². The standard InChI is InChI=1S/C7H6N2O.C2H6/c1-5-9-6-3-2-4-8-7(6)10-5;1-2/h2-4H,1H3;1-2H3. The smallest absolute Gasteiger partial charge is 0.246 e. The van der Waals surface area contributed by atoms with Gasteiger partial charge in [-0.1, -0.05) is 13.8 Å². The van der Waals surface area contributed by atoms with E-state index in [-0.39, 0.29) is 0 Å². The number of pyridine rings is 1. The molecule has 0 N–H and O–H groups in total. The van der Waals surface area contributed by atoms with Crippen molar-refractivity contribution in [1.82, 2.24) is 9.97 Å². The molecule has 2 rings (SSSR count). The maximum absolute atomic E-state index is 5.15. The summed E-state index contributed by atoms with van der Waals surface area (Å²) in [5, 5.41) is 0. The van der Waals surface area contributed by atoms with Crippen LogP contribution in [-0.2, 0) is 0 Å². The van der Waals surface area contributed by atoms with Crippen LogP contribution in [0.2, 0.25) is 0 Å². The third-order valence-corrected chi connectivity index (χ3v) is 1.27. The Kier molecular flexibility index (Phi) is 2.80. The van der Waals surface area contributed by atoms with Gasteiger partial charge in [0.15, 0.2) is 5.89 Å². The highest BCUT2D eigenvalue weighted by Gasteiger charge is 1.98. The number of hydrogen-bond donors (Lipinski definition) is 0. The minimum Gasteiger partial charge on any atom is -0.423 e. The Morgan fingerprint density at radius 1 is 1.33 bits per heavy atom. The highest BCUT2D eigenvalue weighted by molar-refractivity contribution is 5.67. The summed E-state index contributed by atoms with van der Waals surface area (Å²) in [6.45, 7) is 5.81. The molecule has 0 saturated heterocycles. The SMILES string of the molecule is CC.Cc1nc2cccnc2o1. The zero-order valence-corrected chi connectivity index (χ0v) is 7.53. The molecule has 2 aromatic rings. The molecule has 12 heavy (non-hydrogen) atoms. The first-order valence-electron chi connectivity index (χ1n) is 4.04. The molecule has 0 bridgehead atoms. The molecule has 0 aliphatic rings. The molecule has 64 valence electrons. The highest BCUT2D eigenvalue weighted by Crippen LogP contribution is 2.09. The number of rotatable bonds is 0. The van der Waals surface area contributed by atoms with Gasteiger partial charge in [-0.25, -0.2) is 9.97 Å². The first-order valence-corrected chi connectivity index (χ1v) is 4.04. The highest BCUT2D eigenvalue weighted by atomic mass is 16.4. The summed E-state index contributed by atoms with van der Waals surface area (Å²) in [5.41, 5.74) is 1.43. The number of fused-ring (bicyclic) bond motifs is 1. The van der Waals surface area contributed by atoms with Crippen molar-refractivity contribution in [2.45, 2.75) is 20.8 Å². The fourth-order valence-corrected chi connectivity index (χ4v) is 0.878. The zero-order chi connectivity index (χ0) is 8.97. The lowest BCUT2D eigenvalue weighted by Gasteiger charge is -1.78. The van der Waals surface area contributed by atoms with Crippen molar-refractivity contribution in [2.24, 2.45) is 0 Å². The van der Waals surface area contributed by atoms with E-state index >= 15 is 0 Å². The topological polar surface area (TPSA) is 38.9 Å². The monoisotopic (exact) mass is 164 g/mol. The number of oxazole rings is 1. The predicted molar refractivity (Wildman–Crippen MR) is 47.9 cm³/mol. The van der Waals surface area contributed by atoms with Crippen molar-refractivity contribution in [3.63, 3.8) is 0 Å². The molecular weight excluding hydrogens is 152 g/mol. The molecule has 2 aromatic heterocycles. The van der Waals surface area contributed by atoms with Gasteiger partial charge in [-0.15, -0.1) is 0 Å². The molecule has 0 fully saturated rings. The van der Waals surface area contributed by atoms with Crippen molar-refractivity contribution in [3.05, 3.63) is 24.2 Å². The van der Waals surface area contributed by atoms with Crippen LogP contribution in [-0.4, -0.2) is 9.97 Å². The minimum absolute atomic E-state index is 0.611. The van der Waals surface area contributed by atoms with Crippen LogP contribution >= 0.6 is 0 Å². The van der Waals surface area contributed by atoms with Gasteiger partial charge in [-0.2, -0.15) is 0 Å². The van der Waals surface area contributed by atoms with Crippen LogP contribution in [0.1, 0.15) is 19.7 Å². The van der Waals surface area contributed by atoms with Crippen molar-refractivity contribution in [2.75, 3.05) is 0 Å². The van der Waals surface area contributed by atoms with E-state index in [9.17, 15) is 0 Å². The first-order chi connectivity index (χ1) is 5.86. The quantitative estimate of drug-likeness (QED) is 0.600. The van der Waals surface area contributed by atoms with E-state index in [4.69, 9.17) is 4.42 Å². The van der Waals surface area contributed by atoms with E-state index in [0.717, 1.165) is 5.52 Å². The maximum Gasteiger partial charge on any atom is 0.246 e. The summed E-state index contributed by atoms with van der Waals surface area (Å²) in [4.78, 5) is 8.06. The fourth-order valence-electron chi connectivity index (χ4n) is 0.878. The van der Waals surface area contributed by atoms with Gasteiger partial charge in [0.1, 0.15) is 5.52 Å². The lowest BCUT2D eigenvalue weighted by Crippen LogP contribution is -1.69. The second-order valence-electron chi connectivity index (χ2n) is 2.06. The van der Waals surface area contributed by atoms with Crippen LogP contribution in [0.3, 0.4) is 0 Å². The van der Waals surface area contributed by atoms with E-state index in [1.807, 2.05) is 32.9 Å². The number of aromatic nitrogens is 2. The van der Waals surface area contributed by atoms with E-state index in [2.05, 4.69) is 9.97 Å². The average molecular weight is 164 g/mol.